The zero-order valence-electron chi connectivity index (χ0n) is 8.63. The summed E-state index contributed by atoms with van der Waals surface area (Å²) in [5.74, 6) is 2.51. The molecule has 0 heterocycles. The maximum absolute atomic E-state index is 5.84. The Morgan fingerprint density at radius 3 is 2.93 bits per heavy atom. The monoisotopic (exact) mass is 308 g/mol. The van der Waals surface area contributed by atoms with Crippen LogP contribution in [0.15, 0.2) is 22.7 Å². The molecule has 1 aromatic rings. The summed E-state index contributed by atoms with van der Waals surface area (Å²) in [6, 6.07) is 5.93. The first-order valence-electron chi connectivity index (χ1n) is 4.74. The zero-order valence-corrected chi connectivity index (χ0v) is 11.8. The number of hydrogen-bond acceptors (Lipinski definition) is 2. The lowest BCUT2D eigenvalue weighted by Crippen LogP contribution is -2.00. The Morgan fingerprint density at radius 1 is 1.47 bits per heavy atom. The highest BCUT2D eigenvalue weighted by Gasteiger charge is 2.03. The molecule has 4 heteroatoms. The van der Waals surface area contributed by atoms with Crippen LogP contribution in [0.2, 0.25) is 0 Å². The van der Waals surface area contributed by atoms with E-state index in [-0.39, 0.29) is 0 Å². The summed E-state index contributed by atoms with van der Waals surface area (Å²) in [4.78, 5) is 0. The van der Waals surface area contributed by atoms with E-state index in [0.29, 0.717) is 5.88 Å². The van der Waals surface area contributed by atoms with Crippen molar-refractivity contribution in [2.45, 2.75) is 12.3 Å². The second kappa shape index (κ2) is 7.42. The summed E-state index contributed by atoms with van der Waals surface area (Å²) in [6.07, 6.45) is 3.17. The summed E-state index contributed by atoms with van der Waals surface area (Å²) in [7, 11) is 0. The SMILES string of the molecule is CSCCCOc1ccc(Br)cc1CCl. The van der Waals surface area contributed by atoms with Gasteiger partial charge in [-0.05, 0) is 36.6 Å². The molecule has 0 aromatic heterocycles. The Kier molecular flexibility index (Phi) is 6.53. The van der Waals surface area contributed by atoms with Crippen LogP contribution in [-0.4, -0.2) is 18.6 Å². The molecular weight excluding hydrogens is 296 g/mol. The Balaban J connectivity index is 2.52. The Hall–Kier alpha value is 0.140. The van der Waals surface area contributed by atoms with Gasteiger partial charge in [-0.1, -0.05) is 15.9 Å². The van der Waals surface area contributed by atoms with Crippen molar-refractivity contribution >= 4 is 39.3 Å². The normalized spacial score (nSPS) is 10.3. The van der Waals surface area contributed by atoms with Gasteiger partial charge in [0.2, 0.25) is 0 Å². The highest BCUT2D eigenvalue weighted by molar-refractivity contribution is 9.10. The Labute approximate surface area is 109 Å². The van der Waals surface area contributed by atoms with Gasteiger partial charge in [0.25, 0.3) is 0 Å². The maximum atomic E-state index is 5.84. The molecule has 0 bridgehead atoms. The van der Waals surface area contributed by atoms with E-state index in [4.69, 9.17) is 16.3 Å². The number of benzene rings is 1. The highest BCUT2D eigenvalue weighted by atomic mass is 79.9. The van der Waals surface area contributed by atoms with Gasteiger partial charge < -0.3 is 4.74 Å². The average molecular weight is 310 g/mol. The predicted octanol–water partition coefficient (Wildman–Crippen LogP) is 4.32. The summed E-state index contributed by atoms with van der Waals surface area (Å²) in [5, 5.41) is 0. The molecule has 0 spiro atoms. The molecule has 0 saturated heterocycles. The van der Waals surface area contributed by atoms with Gasteiger partial charge in [0.1, 0.15) is 5.75 Å². The summed E-state index contributed by atoms with van der Waals surface area (Å²) in [5.41, 5.74) is 1.04. The molecule has 0 fully saturated rings. The minimum atomic E-state index is 0.483. The number of halogens is 2. The van der Waals surface area contributed by atoms with Crippen molar-refractivity contribution in [1.29, 1.82) is 0 Å². The molecule has 0 aliphatic heterocycles. The largest absolute Gasteiger partial charge is 0.493 e. The minimum absolute atomic E-state index is 0.483. The summed E-state index contributed by atoms with van der Waals surface area (Å²) >= 11 is 11.1. The Bertz CT molecular complexity index is 307. The smallest absolute Gasteiger partial charge is 0.123 e. The molecule has 1 nitrogen and oxygen atoms in total. The third-order valence-electron chi connectivity index (χ3n) is 1.92. The molecular formula is C11H14BrClOS. The summed E-state index contributed by atoms with van der Waals surface area (Å²) in [6.45, 7) is 0.756. The fourth-order valence-corrected chi connectivity index (χ4v) is 2.20. The van der Waals surface area contributed by atoms with Gasteiger partial charge in [0, 0.05) is 10.0 Å². The third-order valence-corrected chi connectivity index (χ3v) is 3.39. The molecule has 0 saturated carbocycles. The van der Waals surface area contributed by atoms with Crippen molar-refractivity contribution in [1.82, 2.24) is 0 Å². The lowest BCUT2D eigenvalue weighted by atomic mass is 10.2. The van der Waals surface area contributed by atoms with Crippen LogP contribution in [0.25, 0.3) is 0 Å². The molecule has 0 unspecified atom stereocenters. The molecule has 0 amide bonds. The lowest BCUT2D eigenvalue weighted by molar-refractivity contribution is 0.316. The minimum Gasteiger partial charge on any atom is -0.493 e. The van der Waals surface area contributed by atoms with Crippen molar-refractivity contribution in [2.24, 2.45) is 0 Å². The first kappa shape index (κ1) is 13.2. The van der Waals surface area contributed by atoms with Crippen LogP contribution >= 0.6 is 39.3 Å². The van der Waals surface area contributed by atoms with E-state index >= 15 is 0 Å². The second-order valence-corrected chi connectivity index (χ2v) is 5.25. The van der Waals surface area contributed by atoms with E-state index in [0.717, 1.165) is 34.6 Å². The van der Waals surface area contributed by atoms with E-state index < -0.39 is 0 Å². The van der Waals surface area contributed by atoms with Gasteiger partial charge >= 0.3 is 0 Å². The van der Waals surface area contributed by atoms with Gasteiger partial charge in [0.05, 0.1) is 12.5 Å². The van der Waals surface area contributed by atoms with Crippen molar-refractivity contribution in [3.63, 3.8) is 0 Å². The fraction of sp³-hybridized carbons (Fsp3) is 0.455. The van der Waals surface area contributed by atoms with Gasteiger partial charge in [-0.25, -0.2) is 0 Å². The van der Waals surface area contributed by atoms with Gasteiger partial charge in [-0.3, -0.25) is 0 Å². The van der Waals surface area contributed by atoms with Crippen LogP contribution in [0.3, 0.4) is 0 Å². The van der Waals surface area contributed by atoms with E-state index in [1.54, 1.807) is 0 Å². The number of alkyl halides is 1. The van der Waals surface area contributed by atoms with Crippen LogP contribution in [0.5, 0.6) is 5.75 Å². The standard InChI is InChI=1S/C11H14BrClOS/c1-15-6-2-5-14-11-4-3-10(12)7-9(11)8-13/h3-4,7H,2,5-6,8H2,1H3. The molecule has 0 N–H and O–H groups in total. The third kappa shape index (κ3) is 4.66. The number of rotatable bonds is 6. The van der Waals surface area contributed by atoms with Crippen molar-refractivity contribution in [3.8, 4) is 5.75 Å². The molecule has 0 atom stereocenters. The number of ether oxygens (including phenoxy) is 1. The van der Waals surface area contributed by atoms with Crippen LogP contribution in [-0.2, 0) is 5.88 Å². The summed E-state index contributed by atoms with van der Waals surface area (Å²) < 4.78 is 6.70. The predicted molar refractivity (Wildman–Crippen MR) is 72.2 cm³/mol. The zero-order chi connectivity index (χ0) is 11.1. The number of thioether (sulfide) groups is 1. The van der Waals surface area contributed by atoms with Crippen LogP contribution in [0, 0.1) is 0 Å². The topological polar surface area (TPSA) is 9.23 Å². The van der Waals surface area contributed by atoms with E-state index in [9.17, 15) is 0 Å². The van der Waals surface area contributed by atoms with Gasteiger partial charge in [-0.2, -0.15) is 11.8 Å². The molecule has 0 radical (unpaired) electrons. The van der Waals surface area contributed by atoms with Crippen LogP contribution in [0.4, 0.5) is 0 Å². The van der Waals surface area contributed by atoms with E-state index in [2.05, 4.69) is 22.2 Å². The van der Waals surface area contributed by atoms with Crippen LogP contribution < -0.4 is 4.74 Å². The van der Waals surface area contributed by atoms with Crippen molar-refractivity contribution in [2.75, 3.05) is 18.6 Å². The van der Waals surface area contributed by atoms with Crippen molar-refractivity contribution in [3.05, 3.63) is 28.2 Å². The van der Waals surface area contributed by atoms with Crippen LogP contribution in [0.1, 0.15) is 12.0 Å². The molecule has 15 heavy (non-hydrogen) atoms. The first-order valence-corrected chi connectivity index (χ1v) is 7.46. The highest BCUT2D eigenvalue weighted by Crippen LogP contribution is 2.24. The first-order chi connectivity index (χ1) is 7.27. The lowest BCUT2D eigenvalue weighted by Gasteiger charge is -2.09. The molecule has 1 aromatic carbocycles. The maximum Gasteiger partial charge on any atom is 0.123 e. The fourth-order valence-electron chi connectivity index (χ4n) is 1.18. The molecule has 0 aliphatic rings. The average Bonchev–Trinajstić information content (AvgIpc) is 2.26. The Morgan fingerprint density at radius 2 is 2.27 bits per heavy atom. The van der Waals surface area contributed by atoms with E-state index in [1.807, 2.05) is 30.0 Å². The molecule has 0 aliphatic carbocycles. The van der Waals surface area contributed by atoms with Crippen molar-refractivity contribution < 1.29 is 4.74 Å². The quantitative estimate of drug-likeness (QED) is 0.572. The van der Waals surface area contributed by atoms with Gasteiger partial charge in [0.15, 0.2) is 0 Å². The second-order valence-electron chi connectivity index (χ2n) is 3.08. The van der Waals surface area contributed by atoms with E-state index in [1.165, 1.54) is 0 Å². The molecule has 84 valence electrons. The van der Waals surface area contributed by atoms with Gasteiger partial charge in [-0.15, -0.1) is 11.6 Å². The molecule has 1 rings (SSSR count). The number of hydrogen-bond donors (Lipinski definition) is 0.